The summed E-state index contributed by atoms with van der Waals surface area (Å²) < 4.78 is 15.5. The minimum atomic E-state index is -0.259. The van der Waals surface area contributed by atoms with Crippen LogP contribution in [0.5, 0.6) is 0 Å². The summed E-state index contributed by atoms with van der Waals surface area (Å²) in [6.45, 7) is 7.36. The zero-order chi connectivity index (χ0) is 28.2. The van der Waals surface area contributed by atoms with Gasteiger partial charge in [-0.15, -0.1) is 0 Å². The number of thiocarbonyl (C=S) groups is 1. The van der Waals surface area contributed by atoms with Crippen molar-refractivity contribution in [3.8, 4) is 0 Å². The van der Waals surface area contributed by atoms with Gasteiger partial charge in [0.2, 0.25) is 0 Å². The Morgan fingerprint density at radius 1 is 1.00 bits per heavy atom. The standard InChI is InChI=1S/C30H34FN5O2S2/c1-3-4-5-6-7-14-36-29(38)25(40-30(36)39)20-24-27(32-26-21(2)9-8-15-35(26)28(24)37)34-18-16-33(17-19-34)23-12-10-22(31)11-13-23/h8-13,15,20H,3-7,14,16-19H2,1-2H3. The largest absolute Gasteiger partial charge is 0.368 e. The molecule has 0 aliphatic carbocycles. The molecule has 0 unspecified atom stereocenters. The minimum Gasteiger partial charge on any atom is -0.368 e. The molecule has 210 valence electrons. The number of fused-ring (bicyclic) bond motifs is 1. The summed E-state index contributed by atoms with van der Waals surface area (Å²) in [5.74, 6) is 0.166. The molecule has 2 aliphatic heterocycles. The number of aryl methyl sites for hydroxylation is 1. The van der Waals surface area contributed by atoms with E-state index in [1.165, 1.54) is 36.7 Å². The van der Waals surface area contributed by atoms with Crippen molar-refractivity contribution in [1.29, 1.82) is 0 Å². The SMILES string of the molecule is CCCCCCCN1C(=O)C(=Cc2c(N3CCN(c4ccc(F)cc4)CC3)nc3c(C)cccn3c2=O)SC1=S. The van der Waals surface area contributed by atoms with E-state index in [-0.39, 0.29) is 17.3 Å². The first-order valence-electron chi connectivity index (χ1n) is 13.9. The quantitative estimate of drug-likeness (QED) is 0.185. The van der Waals surface area contributed by atoms with Crippen molar-refractivity contribution < 1.29 is 9.18 Å². The van der Waals surface area contributed by atoms with Gasteiger partial charge in [-0.1, -0.05) is 62.7 Å². The van der Waals surface area contributed by atoms with Gasteiger partial charge in [-0.2, -0.15) is 0 Å². The average molecular weight is 580 g/mol. The highest BCUT2D eigenvalue weighted by atomic mass is 32.2. The molecule has 4 heterocycles. The van der Waals surface area contributed by atoms with Gasteiger partial charge < -0.3 is 9.80 Å². The number of rotatable bonds is 9. The van der Waals surface area contributed by atoms with Crippen LogP contribution >= 0.6 is 24.0 Å². The van der Waals surface area contributed by atoms with Crippen molar-refractivity contribution in [1.82, 2.24) is 14.3 Å². The number of nitrogens with zero attached hydrogens (tertiary/aromatic N) is 5. The van der Waals surface area contributed by atoms with E-state index in [1.807, 2.05) is 19.1 Å². The number of hydrogen-bond acceptors (Lipinski definition) is 7. The number of carbonyl (C=O) groups is 1. The van der Waals surface area contributed by atoms with E-state index in [2.05, 4.69) is 16.7 Å². The van der Waals surface area contributed by atoms with Crippen molar-refractivity contribution in [3.63, 3.8) is 0 Å². The molecule has 10 heteroatoms. The van der Waals surface area contributed by atoms with Crippen LogP contribution < -0.4 is 15.4 Å². The number of amides is 1. The molecule has 40 heavy (non-hydrogen) atoms. The topological polar surface area (TPSA) is 61.2 Å². The lowest BCUT2D eigenvalue weighted by molar-refractivity contribution is -0.122. The van der Waals surface area contributed by atoms with Crippen molar-refractivity contribution in [3.05, 3.63) is 74.8 Å². The minimum absolute atomic E-state index is 0.147. The van der Waals surface area contributed by atoms with E-state index in [4.69, 9.17) is 17.2 Å². The number of carbonyl (C=O) groups excluding carboxylic acids is 1. The molecule has 0 spiro atoms. The highest BCUT2D eigenvalue weighted by Crippen LogP contribution is 2.34. The van der Waals surface area contributed by atoms with Crippen LogP contribution in [-0.2, 0) is 4.79 Å². The maximum atomic E-state index is 13.8. The van der Waals surface area contributed by atoms with Gasteiger partial charge in [-0.25, -0.2) is 9.37 Å². The molecule has 0 bridgehead atoms. The first-order chi connectivity index (χ1) is 19.4. The predicted molar refractivity (Wildman–Crippen MR) is 166 cm³/mol. The van der Waals surface area contributed by atoms with Crippen LogP contribution in [-0.4, -0.2) is 57.2 Å². The summed E-state index contributed by atoms with van der Waals surface area (Å²) in [6, 6.07) is 10.3. The molecule has 2 aromatic heterocycles. The number of anilines is 2. The Labute approximate surface area is 243 Å². The average Bonchev–Trinajstić information content (AvgIpc) is 3.22. The lowest BCUT2D eigenvalue weighted by Crippen LogP contribution is -2.47. The van der Waals surface area contributed by atoms with Gasteiger partial charge in [-0.3, -0.25) is 18.9 Å². The third-order valence-corrected chi connectivity index (χ3v) is 8.85. The molecule has 1 aromatic carbocycles. The predicted octanol–water partition coefficient (Wildman–Crippen LogP) is 5.64. The van der Waals surface area contributed by atoms with Crippen molar-refractivity contribution in [2.45, 2.75) is 46.0 Å². The fourth-order valence-corrected chi connectivity index (χ4v) is 6.48. The third kappa shape index (κ3) is 5.93. The molecule has 7 nitrogen and oxygen atoms in total. The summed E-state index contributed by atoms with van der Waals surface area (Å²) in [5.41, 5.74) is 2.63. The lowest BCUT2D eigenvalue weighted by atomic mass is 10.1. The zero-order valence-corrected chi connectivity index (χ0v) is 24.6. The van der Waals surface area contributed by atoms with Crippen LogP contribution in [0.2, 0.25) is 0 Å². The summed E-state index contributed by atoms with van der Waals surface area (Å²) in [5, 5.41) is 0. The molecule has 3 aromatic rings. The molecule has 0 atom stereocenters. The number of thioether (sulfide) groups is 1. The van der Waals surface area contributed by atoms with E-state index in [1.54, 1.807) is 33.7 Å². The maximum Gasteiger partial charge on any atom is 0.267 e. The number of hydrogen-bond donors (Lipinski definition) is 0. The van der Waals surface area contributed by atoms with Crippen LogP contribution in [0.15, 0.2) is 52.3 Å². The second-order valence-electron chi connectivity index (χ2n) is 10.2. The monoisotopic (exact) mass is 579 g/mol. The zero-order valence-electron chi connectivity index (χ0n) is 22.9. The first kappa shape index (κ1) is 28.3. The van der Waals surface area contributed by atoms with Crippen LogP contribution in [0.3, 0.4) is 0 Å². The number of piperazine rings is 1. The Morgan fingerprint density at radius 3 is 2.42 bits per heavy atom. The number of halogens is 1. The van der Waals surface area contributed by atoms with Gasteiger partial charge in [0.25, 0.3) is 11.5 Å². The number of unbranched alkanes of at least 4 members (excludes halogenated alkanes) is 4. The molecule has 5 rings (SSSR count). The molecule has 0 saturated carbocycles. The number of pyridine rings is 1. The smallest absolute Gasteiger partial charge is 0.267 e. The fraction of sp³-hybridized carbons (Fsp3) is 0.400. The van der Waals surface area contributed by atoms with Crippen molar-refractivity contribution in [2.24, 2.45) is 0 Å². The Morgan fingerprint density at radius 2 is 1.70 bits per heavy atom. The van der Waals surface area contributed by atoms with Gasteiger partial charge in [0, 0.05) is 44.6 Å². The molecule has 2 fully saturated rings. The summed E-state index contributed by atoms with van der Waals surface area (Å²) in [4.78, 5) is 38.6. The molecule has 2 saturated heterocycles. The molecule has 0 N–H and O–H groups in total. The highest BCUT2D eigenvalue weighted by molar-refractivity contribution is 8.26. The summed E-state index contributed by atoms with van der Waals surface area (Å²) >= 11 is 6.80. The lowest BCUT2D eigenvalue weighted by Gasteiger charge is -2.37. The van der Waals surface area contributed by atoms with Gasteiger partial charge >= 0.3 is 0 Å². The van der Waals surface area contributed by atoms with E-state index < -0.39 is 0 Å². The Bertz CT molecular complexity index is 1500. The third-order valence-electron chi connectivity index (χ3n) is 7.47. The molecule has 1 amide bonds. The van der Waals surface area contributed by atoms with E-state index >= 15 is 0 Å². The summed E-state index contributed by atoms with van der Waals surface area (Å²) in [6.07, 6.45) is 8.88. The van der Waals surface area contributed by atoms with E-state index in [0.29, 0.717) is 59.0 Å². The number of benzene rings is 1. The highest BCUT2D eigenvalue weighted by Gasteiger charge is 2.33. The van der Waals surface area contributed by atoms with Crippen LogP contribution in [0, 0.1) is 12.7 Å². The Kier molecular flexibility index (Phi) is 8.85. The van der Waals surface area contributed by atoms with E-state index in [0.717, 1.165) is 30.5 Å². The molecular weight excluding hydrogens is 545 g/mol. The fourth-order valence-electron chi connectivity index (χ4n) is 5.19. The van der Waals surface area contributed by atoms with Gasteiger partial charge in [0.05, 0.1) is 10.5 Å². The molecule has 2 aliphatic rings. The van der Waals surface area contributed by atoms with Crippen LogP contribution in [0.25, 0.3) is 11.7 Å². The Balaban J connectivity index is 1.44. The van der Waals surface area contributed by atoms with Gasteiger partial charge in [0.1, 0.15) is 21.6 Å². The van der Waals surface area contributed by atoms with Crippen molar-refractivity contribution in [2.75, 3.05) is 42.5 Å². The first-order valence-corrected chi connectivity index (χ1v) is 15.1. The number of aromatic nitrogens is 2. The molecular formula is C30H34FN5O2S2. The second-order valence-corrected chi connectivity index (χ2v) is 11.9. The normalized spacial score (nSPS) is 17.1. The van der Waals surface area contributed by atoms with E-state index in [9.17, 15) is 14.0 Å². The van der Waals surface area contributed by atoms with Crippen molar-refractivity contribution >= 4 is 57.4 Å². The molecule has 0 radical (unpaired) electrons. The van der Waals surface area contributed by atoms with Crippen LogP contribution in [0.4, 0.5) is 15.9 Å². The summed E-state index contributed by atoms with van der Waals surface area (Å²) in [7, 11) is 0. The van der Waals surface area contributed by atoms with Crippen LogP contribution in [0.1, 0.15) is 50.2 Å². The second kappa shape index (κ2) is 12.5. The maximum absolute atomic E-state index is 13.8. The Hall–Kier alpha value is -3.24. The van der Waals surface area contributed by atoms with Gasteiger partial charge in [-0.05, 0) is 55.3 Å². The van der Waals surface area contributed by atoms with Gasteiger partial charge in [0.15, 0.2) is 0 Å².